The van der Waals surface area contributed by atoms with E-state index in [9.17, 15) is 14.0 Å². The molecule has 0 aromatic heterocycles. The summed E-state index contributed by atoms with van der Waals surface area (Å²) in [5.74, 6) is -0.525. The maximum absolute atomic E-state index is 14.0. The standard InChI is InChI=1S/C22H25FN2O2/c1-16(26)21(13-17-7-3-2-4-8-17)24-22(27)15-25(19-11-12-19)14-18-9-5-6-10-20(18)23/h2-10,19,21H,11-15H2,1H3,(H,24,27)/t21-/m0/s1. The fraction of sp³-hybridized carbons (Fsp3) is 0.364. The van der Waals surface area contributed by atoms with Gasteiger partial charge in [-0.25, -0.2) is 4.39 Å². The summed E-state index contributed by atoms with van der Waals surface area (Å²) in [7, 11) is 0. The molecule has 1 amide bonds. The first-order chi connectivity index (χ1) is 13.0. The molecule has 1 fully saturated rings. The highest BCUT2D eigenvalue weighted by molar-refractivity contribution is 5.88. The zero-order chi connectivity index (χ0) is 19.2. The van der Waals surface area contributed by atoms with Crippen molar-refractivity contribution in [2.45, 2.75) is 44.8 Å². The van der Waals surface area contributed by atoms with Crippen LogP contribution in [0.5, 0.6) is 0 Å². The third-order valence-electron chi connectivity index (χ3n) is 4.85. The minimum Gasteiger partial charge on any atom is -0.345 e. The van der Waals surface area contributed by atoms with E-state index in [1.54, 1.807) is 18.2 Å². The van der Waals surface area contributed by atoms with Crippen LogP contribution in [0, 0.1) is 5.82 Å². The summed E-state index contributed by atoms with van der Waals surface area (Å²) in [6.07, 6.45) is 2.50. The lowest BCUT2D eigenvalue weighted by Crippen LogP contribution is -2.46. The van der Waals surface area contributed by atoms with E-state index < -0.39 is 6.04 Å². The number of benzene rings is 2. The number of carbonyl (C=O) groups excluding carboxylic acids is 2. The van der Waals surface area contributed by atoms with Crippen LogP contribution in [0.4, 0.5) is 4.39 Å². The predicted molar refractivity (Wildman–Crippen MR) is 103 cm³/mol. The Morgan fingerprint density at radius 1 is 1.11 bits per heavy atom. The Hall–Kier alpha value is -2.53. The van der Waals surface area contributed by atoms with Crippen LogP contribution < -0.4 is 5.32 Å². The predicted octanol–water partition coefficient (Wildman–Crippen LogP) is 3.11. The second-order valence-electron chi connectivity index (χ2n) is 7.15. The Labute approximate surface area is 159 Å². The van der Waals surface area contributed by atoms with Gasteiger partial charge in [-0.15, -0.1) is 0 Å². The molecule has 1 N–H and O–H groups in total. The summed E-state index contributed by atoms with van der Waals surface area (Å²) < 4.78 is 14.0. The number of rotatable bonds is 9. The first-order valence-electron chi connectivity index (χ1n) is 9.34. The third kappa shape index (κ3) is 5.73. The maximum atomic E-state index is 14.0. The summed E-state index contributed by atoms with van der Waals surface area (Å²) in [5.41, 5.74) is 1.59. The second kappa shape index (κ2) is 8.91. The summed E-state index contributed by atoms with van der Waals surface area (Å²) in [5, 5.41) is 2.85. The van der Waals surface area contributed by atoms with Crippen molar-refractivity contribution in [1.29, 1.82) is 0 Å². The highest BCUT2D eigenvalue weighted by Gasteiger charge is 2.31. The molecule has 3 rings (SSSR count). The monoisotopic (exact) mass is 368 g/mol. The number of nitrogens with zero attached hydrogens (tertiary/aromatic N) is 1. The van der Waals surface area contributed by atoms with E-state index in [4.69, 9.17) is 0 Å². The highest BCUT2D eigenvalue weighted by Crippen LogP contribution is 2.28. The number of amides is 1. The number of hydrogen-bond acceptors (Lipinski definition) is 3. The SMILES string of the molecule is CC(=O)[C@H](Cc1ccccc1)NC(=O)CN(Cc1ccccc1F)C1CC1. The molecule has 27 heavy (non-hydrogen) atoms. The maximum Gasteiger partial charge on any atom is 0.234 e. The zero-order valence-electron chi connectivity index (χ0n) is 15.5. The zero-order valence-corrected chi connectivity index (χ0v) is 15.5. The normalized spacial score (nSPS) is 14.8. The van der Waals surface area contributed by atoms with E-state index in [1.165, 1.54) is 13.0 Å². The Bertz CT molecular complexity index is 790. The van der Waals surface area contributed by atoms with Gasteiger partial charge in [-0.2, -0.15) is 0 Å². The Balaban J connectivity index is 1.61. The van der Waals surface area contributed by atoms with E-state index >= 15 is 0 Å². The fourth-order valence-electron chi connectivity index (χ4n) is 3.17. The minimum atomic E-state index is -0.547. The third-order valence-corrected chi connectivity index (χ3v) is 4.85. The van der Waals surface area contributed by atoms with Gasteiger partial charge in [-0.1, -0.05) is 48.5 Å². The van der Waals surface area contributed by atoms with Crippen molar-refractivity contribution in [3.05, 3.63) is 71.5 Å². The van der Waals surface area contributed by atoms with Crippen molar-refractivity contribution in [3.63, 3.8) is 0 Å². The fourth-order valence-corrected chi connectivity index (χ4v) is 3.17. The summed E-state index contributed by atoms with van der Waals surface area (Å²) >= 11 is 0. The van der Waals surface area contributed by atoms with Crippen LogP contribution in [0.2, 0.25) is 0 Å². The Kier molecular flexibility index (Phi) is 6.35. The van der Waals surface area contributed by atoms with Crippen molar-refractivity contribution in [2.24, 2.45) is 0 Å². The molecule has 1 saturated carbocycles. The van der Waals surface area contributed by atoms with Crippen LogP contribution in [0.25, 0.3) is 0 Å². The highest BCUT2D eigenvalue weighted by atomic mass is 19.1. The van der Waals surface area contributed by atoms with Crippen molar-refractivity contribution in [3.8, 4) is 0 Å². The molecule has 2 aromatic carbocycles. The van der Waals surface area contributed by atoms with E-state index in [1.807, 2.05) is 35.2 Å². The lowest BCUT2D eigenvalue weighted by atomic mass is 10.0. The number of halogens is 1. The van der Waals surface area contributed by atoms with Crippen LogP contribution in [-0.2, 0) is 22.6 Å². The summed E-state index contributed by atoms with van der Waals surface area (Å²) in [6, 6.07) is 16.0. The van der Waals surface area contributed by atoms with E-state index in [2.05, 4.69) is 5.32 Å². The van der Waals surface area contributed by atoms with Gasteiger partial charge in [0.05, 0.1) is 12.6 Å². The molecular formula is C22H25FN2O2. The average Bonchev–Trinajstić information content (AvgIpc) is 3.48. The first-order valence-corrected chi connectivity index (χ1v) is 9.34. The van der Waals surface area contributed by atoms with Crippen molar-refractivity contribution < 1.29 is 14.0 Å². The molecule has 0 unspecified atom stereocenters. The van der Waals surface area contributed by atoms with Crippen LogP contribution in [0.3, 0.4) is 0 Å². The van der Waals surface area contributed by atoms with Gasteiger partial charge < -0.3 is 5.32 Å². The number of carbonyl (C=O) groups is 2. The second-order valence-corrected chi connectivity index (χ2v) is 7.15. The van der Waals surface area contributed by atoms with Gasteiger partial charge in [0.1, 0.15) is 5.82 Å². The van der Waals surface area contributed by atoms with Gasteiger partial charge in [-0.05, 0) is 37.8 Å². The van der Waals surface area contributed by atoms with Crippen LogP contribution in [0.1, 0.15) is 30.9 Å². The number of Topliss-reactive ketones (excluding diaryl/α,β-unsaturated/α-hetero) is 1. The topological polar surface area (TPSA) is 49.4 Å². The summed E-state index contributed by atoms with van der Waals surface area (Å²) in [6.45, 7) is 2.05. The molecule has 1 atom stereocenters. The molecule has 0 spiro atoms. The van der Waals surface area contributed by atoms with Crippen molar-refractivity contribution >= 4 is 11.7 Å². The molecule has 0 saturated heterocycles. The molecule has 0 bridgehead atoms. The van der Waals surface area contributed by atoms with Gasteiger partial charge >= 0.3 is 0 Å². The molecule has 142 valence electrons. The number of nitrogens with one attached hydrogen (secondary N) is 1. The smallest absolute Gasteiger partial charge is 0.234 e. The first kappa shape index (κ1) is 19.2. The van der Waals surface area contributed by atoms with Gasteiger partial charge in [0.2, 0.25) is 5.91 Å². The van der Waals surface area contributed by atoms with Crippen LogP contribution in [0.15, 0.2) is 54.6 Å². The molecule has 5 heteroatoms. The van der Waals surface area contributed by atoms with Gasteiger partial charge in [-0.3, -0.25) is 14.5 Å². The molecule has 1 aliphatic carbocycles. The Morgan fingerprint density at radius 2 is 1.78 bits per heavy atom. The van der Waals surface area contributed by atoms with Crippen molar-refractivity contribution in [1.82, 2.24) is 10.2 Å². The van der Waals surface area contributed by atoms with Gasteiger partial charge in [0.25, 0.3) is 0 Å². The molecule has 2 aromatic rings. The molecule has 0 aliphatic heterocycles. The average molecular weight is 368 g/mol. The molecular weight excluding hydrogens is 343 g/mol. The van der Waals surface area contributed by atoms with Gasteiger partial charge in [0, 0.05) is 18.2 Å². The molecule has 0 heterocycles. The van der Waals surface area contributed by atoms with Crippen LogP contribution >= 0.6 is 0 Å². The van der Waals surface area contributed by atoms with E-state index in [0.717, 1.165) is 18.4 Å². The van der Waals surface area contributed by atoms with E-state index in [0.29, 0.717) is 24.6 Å². The molecule has 4 nitrogen and oxygen atoms in total. The summed E-state index contributed by atoms with van der Waals surface area (Å²) in [4.78, 5) is 26.5. The molecule has 0 radical (unpaired) electrons. The van der Waals surface area contributed by atoms with Crippen LogP contribution in [-0.4, -0.2) is 35.2 Å². The largest absolute Gasteiger partial charge is 0.345 e. The van der Waals surface area contributed by atoms with Gasteiger partial charge in [0.15, 0.2) is 5.78 Å². The van der Waals surface area contributed by atoms with E-state index in [-0.39, 0.29) is 24.1 Å². The minimum absolute atomic E-state index is 0.0701. The number of ketones is 1. The lowest BCUT2D eigenvalue weighted by molar-refractivity contribution is -0.127. The molecule has 1 aliphatic rings. The quantitative estimate of drug-likeness (QED) is 0.740. The lowest BCUT2D eigenvalue weighted by Gasteiger charge is -2.23. The van der Waals surface area contributed by atoms with Crippen molar-refractivity contribution in [2.75, 3.05) is 6.54 Å². The Morgan fingerprint density at radius 3 is 2.41 bits per heavy atom. The number of hydrogen-bond donors (Lipinski definition) is 1.